The van der Waals surface area contributed by atoms with Crippen LogP contribution in [0.1, 0.15) is 12.5 Å². The van der Waals surface area contributed by atoms with E-state index < -0.39 is 22.4 Å². The molecule has 1 rings (SSSR count). The Morgan fingerprint density at radius 3 is 2.56 bits per heavy atom. The number of hydrogen-bond donors (Lipinski definition) is 0. The van der Waals surface area contributed by atoms with Gasteiger partial charge >= 0.3 is 6.18 Å². The third-order valence-electron chi connectivity index (χ3n) is 2.02. The minimum absolute atomic E-state index is 0.0748. The molecular formula is C10H9ClF3NO2S. The summed E-state index contributed by atoms with van der Waals surface area (Å²) in [4.78, 5) is 9.80. The molecule has 0 heterocycles. The van der Waals surface area contributed by atoms with E-state index in [0.29, 0.717) is 4.90 Å². The van der Waals surface area contributed by atoms with E-state index in [-0.39, 0.29) is 11.1 Å². The zero-order chi connectivity index (χ0) is 13.9. The van der Waals surface area contributed by atoms with Crippen LogP contribution in [0, 0.1) is 10.1 Å². The SMILES string of the molecule is CC(CCl)Sc1ccc([N+](=O)[O-])c(C(F)(F)F)c1. The number of hydrogen-bond acceptors (Lipinski definition) is 3. The number of benzene rings is 1. The van der Waals surface area contributed by atoms with Crippen LogP contribution in [-0.2, 0) is 6.18 Å². The Morgan fingerprint density at radius 1 is 1.50 bits per heavy atom. The fourth-order valence-corrected chi connectivity index (χ4v) is 2.29. The molecule has 0 bridgehead atoms. The molecule has 1 aromatic rings. The van der Waals surface area contributed by atoms with Crippen LogP contribution in [0.25, 0.3) is 0 Å². The van der Waals surface area contributed by atoms with Gasteiger partial charge < -0.3 is 0 Å². The smallest absolute Gasteiger partial charge is 0.258 e. The largest absolute Gasteiger partial charge is 0.423 e. The number of alkyl halides is 4. The highest BCUT2D eigenvalue weighted by molar-refractivity contribution is 8.00. The van der Waals surface area contributed by atoms with Gasteiger partial charge in [0.15, 0.2) is 0 Å². The van der Waals surface area contributed by atoms with Crippen molar-refractivity contribution in [3.05, 3.63) is 33.9 Å². The molecule has 0 saturated heterocycles. The molecule has 1 unspecified atom stereocenters. The summed E-state index contributed by atoms with van der Waals surface area (Å²) in [5.41, 5.74) is -2.18. The third kappa shape index (κ3) is 3.78. The summed E-state index contributed by atoms with van der Waals surface area (Å²) < 4.78 is 38.0. The summed E-state index contributed by atoms with van der Waals surface area (Å²) >= 11 is 6.70. The summed E-state index contributed by atoms with van der Waals surface area (Å²) in [6.45, 7) is 1.76. The molecule has 0 fully saturated rings. The van der Waals surface area contributed by atoms with E-state index in [2.05, 4.69) is 0 Å². The maximum Gasteiger partial charge on any atom is 0.423 e. The number of nitro groups is 1. The van der Waals surface area contributed by atoms with Gasteiger partial charge in [-0.1, -0.05) is 6.92 Å². The van der Waals surface area contributed by atoms with E-state index in [9.17, 15) is 23.3 Å². The number of nitro benzene ring substituents is 1. The van der Waals surface area contributed by atoms with Crippen molar-refractivity contribution in [2.24, 2.45) is 0 Å². The molecule has 1 aromatic carbocycles. The van der Waals surface area contributed by atoms with Crippen LogP contribution in [0.2, 0.25) is 0 Å². The first-order chi connectivity index (χ1) is 8.25. The van der Waals surface area contributed by atoms with E-state index in [1.165, 1.54) is 6.07 Å². The highest BCUT2D eigenvalue weighted by atomic mass is 35.5. The van der Waals surface area contributed by atoms with Gasteiger partial charge in [-0.3, -0.25) is 10.1 Å². The monoisotopic (exact) mass is 299 g/mol. The minimum atomic E-state index is -4.75. The quantitative estimate of drug-likeness (QED) is 0.360. The van der Waals surface area contributed by atoms with E-state index in [1.54, 1.807) is 6.92 Å². The molecule has 100 valence electrons. The average Bonchev–Trinajstić information content (AvgIpc) is 2.27. The van der Waals surface area contributed by atoms with Crippen molar-refractivity contribution >= 4 is 29.1 Å². The summed E-state index contributed by atoms with van der Waals surface area (Å²) in [6, 6.07) is 2.94. The molecule has 0 radical (unpaired) electrons. The van der Waals surface area contributed by atoms with Crippen molar-refractivity contribution in [3.63, 3.8) is 0 Å². The first-order valence-corrected chi connectivity index (χ1v) is 6.25. The predicted molar refractivity (Wildman–Crippen MR) is 64.1 cm³/mol. The first kappa shape index (κ1) is 15.1. The second kappa shape index (κ2) is 5.79. The second-order valence-corrected chi connectivity index (χ2v) is 5.34. The Kier molecular flexibility index (Phi) is 4.86. The van der Waals surface area contributed by atoms with Crippen LogP contribution in [0.4, 0.5) is 18.9 Å². The molecular weight excluding hydrogens is 291 g/mol. The lowest BCUT2D eigenvalue weighted by molar-refractivity contribution is -0.388. The Morgan fingerprint density at radius 2 is 2.11 bits per heavy atom. The molecule has 0 spiro atoms. The fraction of sp³-hybridized carbons (Fsp3) is 0.400. The molecule has 0 aliphatic carbocycles. The van der Waals surface area contributed by atoms with Gasteiger partial charge in [-0.05, 0) is 12.1 Å². The summed E-state index contributed by atoms with van der Waals surface area (Å²) in [5.74, 6) is 0.281. The summed E-state index contributed by atoms with van der Waals surface area (Å²) in [5, 5.41) is 10.5. The molecule has 0 aliphatic rings. The lowest BCUT2D eigenvalue weighted by atomic mass is 10.2. The van der Waals surface area contributed by atoms with E-state index >= 15 is 0 Å². The minimum Gasteiger partial charge on any atom is -0.258 e. The van der Waals surface area contributed by atoms with Gasteiger partial charge in [0.2, 0.25) is 0 Å². The standard InChI is InChI=1S/C10H9ClF3NO2S/c1-6(5-11)18-7-2-3-9(15(16)17)8(4-7)10(12,13)14/h2-4,6H,5H2,1H3. The number of halogens is 4. The highest BCUT2D eigenvalue weighted by Gasteiger charge is 2.38. The molecule has 3 nitrogen and oxygen atoms in total. The van der Waals surface area contributed by atoms with Gasteiger partial charge in [0, 0.05) is 22.1 Å². The average molecular weight is 300 g/mol. The maximum atomic E-state index is 12.7. The molecule has 0 aromatic heterocycles. The fourth-order valence-electron chi connectivity index (χ4n) is 1.24. The van der Waals surface area contributed by atoms with Crippen molar-refractivity contribution in [2.45, 2.75) is 23.2 Å². The highest BCUT2D eigenvalue weighted by Crippen LogP contribution is 2.38. The molecule has 18 heavy (non-hydrogen) atoms. The van der Waals surface area contributed by atoms with Crippen molar-refractivity contribution in [1.82, 2.24) is 0 Å². The number of thioether (sulfide) groups is 1. The van der Waals surface area contributed by atoms with Gasteiger partial charge in [-0.2, -0.15) is 13.2 Å². The zero-order valence-corrected chi connectivity index (χ0v) is 10.8. The Labute approximate surface area is 110 Å². The number of rotatable bonds is 4. The first-order valence-electron chi connectivity index (χ1n) is 4.84. The van der Waals surface area contributed by atoms with E-state index in [1.807, 2.05) is 0 Å². The molecule has 1 atom stereocenters. The van der Waals surface area contributed by atoms with Crippen LogP contribution < -0.4 is 0 Å². The maximum absolute atomic E-state index is 12.7. The lowest BCUT2D eigenvalue weighted by Gasteiger charge is -2.11. The van der Waals surface area contributed by atoms with Crippen LogP contribution >= 0.6 is 23.4 Å². The second-order valence-electron chi connectivity index (χ2n) is 3.52. The zero-order valence-electron chi connectivity index (χ0n) is 9.20. The Bertz CT molecular complexity index is 453. The summed E-state index contributed by atoms with van der Waals surface area (Å²) in [6.07, 6.45) is -4.75. The Balaban J connectivity index is 3.18. The lowest BCUT2D eigenvalue weighted by Crippen LogP contribution is -2.09. The topological polar surface area (TPSA) is 43.1 Å². The van der Waals surface area contributed by atoms with Crippen molar-refractivity contribution in [1.29, 1.82) is 0 Å². The molecule has 0 amide bonds. The number of nitrogens with zero attached hydrogens (tertiary/aromatic N) is 1. The van der Waals surface area contributed by atoms with Gasteiger partial charge in [-0.25, -0.2) is 0 Å². The third-order valence-corrected chi connectivity index (χ3v) is 3.77. The van der Waals surface area contributed by atoms with E-state index in [0.717, 1.165) is 23.9 Å². The predicted octanol–water partition coefficient (Wildman–Crippen LogP) is 4.33. The van der Waals surface area contributed by atoms with Crippen molar-refractivity contribution in [2.75, 3.05) is 5.88 Å². The van der Waals surface area contributed by atoms with Crippen LogP contribution in [0.5, 0.6) is 0 Å². The van der Waals surface area contributed by atoms with Gasteiger partial charge in [0.1, 0.15) is 5.56 Å². The van der Waals surface area contributed by atoms with Crippen molar-refractivity contribution in [3.8, 4) is 0 Å². The van der Waals surface area contributed by atoms with E-state index in [4.69, 9.17) is 11.6 Å². The van der Waals surface area contributed by atoms with Crippen molar-refractivity contribution < 1.29 is 18.1 Å². The molecule has 0 aliphatic heterocycles. The molecule has 0 N–H and O–H groups in total. The molecule has 0 saturated carbocycles. The molecule has 8 heteroatoms. The van der Waals surface area contributed by atoms with Gasteiger partial charge in [0.25, 0.3) is 5.69 Å². The summed E-state index contributed by atoms with van der Waals surface area (Å²) in [7, 11) is 0. The van der Waals surface area contributed by atoms with Crippen LogP contribution in [0.3, 0.4) is 0 Å². The van der Waals surface area contributed by atoms with Crippen LogP contribution in [0.15, 0.2) is 23.1 Å². The Hall–Kier alpha value is -0.950. The van der Waals surface area contributed by atoms with Gasteiger partial charge in [0.05, 0.1) is 4.92 Å². The van der Waals surface area contributed by atoms with Gasteiger partial charge in [-0.15, -0.1) is 23.4 Å². The normalized spacial score (nSPS) is 13.4. The van der Waals surface area contributed by atoms with Crippen LogP contribution in [-0.4, -0.2) is 16.1 Å².